The molecular formula is C10H17N3O2. The van der Waals surface area contributed by atoms with E-state index in [4.69, 9.17) is 0 Å². The minimum Gasteiger partial charge on any atom is -0.550 e. The topological polar surface area (TPSA) is 72.7 Å². The van der Waals surface area contributed by atoms with Gasteiger partial charge in [-0.3, -0.25) is 0 Å². The molecule has 0 aliphatic carbocycles. The number of hydrogen-bond donors (Lipinski definition) is 1. The van der Waals surface area contributed by atoms with E-state index < -0.39 is 5.97 Å². The van der Waals surface area contributed by atoms with Gasteiger partial charge in [0.2, 0.25) is 5.69 Å². The quantitative estimate of drug-likeness (QED) is 0.515. The lowest BCUT2D eigenvalue weighted by Crippen LogP contribution is -2.38. The van der Waals surface area contributed by atoms with Crippen molar-refractivity contribution in [3.05, 3.63) is 11.4 Å². The first-order valence-electron chi connectivity index (χ1n) is 5.22. The van der Waals surface area contributed by atoms with Gasteiger partial charge in [-0.1, -0.05) is 5.21 Å². The van der Waals surface area contributed by atoms with Crippen LogP contribution in [0.5, 0.6) is 0 Å². The number of carboxylic acid groups (broad SMARTS) is 1. The van der Waals surface area contributed by atoms with Crippen LogP contribution in [-0.2, 0) is 11.3 Å². The van der Waals surface area contributed by atoms with Gasteiger partial charge >= 0.3 is 0 Å². The van der Waals surface area contributed by atoms with Crippen LogP contribution in [0.3, 0.4) is 0 Å². The Bertz CT molecular complexity index is 333. The number of H-pyrrole nitrogens is 1. The van der Waals surface area contributed by atoms with E-state index >= 15 is 0 Å². The van der Waals surface area contributed by atoms with Crippen LogP contribution in [-0.4, -0.2) is 16.3 Å². The second kappa shape index (κ2) is 5.48. The van der Waals surface area contributed by atoms with Crippen molar-refractivity contribution >= 4 is 5.97 Å². The predicted octanol–water partition coefficient (Wildman–Crippen LogP) is -0.376. The average Bonchev–Trinajstić information content (AvgIpc) is 2.48. The molecule has 1 aromatic rings. The highest BCUT2D eigenvalue weighted by molar-refractivity contribution is 5.63. The molecule has 0 saturated carbocycles. The summed E-state index contributed by atoms with van der Waals surface area (Å²) < 4.78 is 1.98. The molecule has 0 atom stereocenters. The summed E-state index contributed by atoms with van der Waals surface area (Å²) >= 11 is 0. The van der Waals surface area contributed by atoms with Gasteiger partial charge in [0.1, 0.15) is 6.54 Å². The minimum atomic E-state index is -0.962. The van der Waals surface area contributed by atoms with Crippen molar-refractivity contribution in [2.75, 3.05) is 0 Å². The zero-order chi connectivity index (χ0) is 11.3. The maximum atomic E-state index is 10.2. The summed E-state index contributed by atoms with van der Waals surface area (Å²) in [6.07, 6.45) is 2.71. The van der Waals surface area contributed by atoms with Crippen molar-refractivity contribution in [1.29, 1.82) is 0 Å². The van der Waals surface area contributed by atoms with Gasteiger partial charge in [-0.25, -0.2) is 0 Å². The van der Waals surface area contributed by atoms with Crippen LogP contribution in [0, 0.1) is 13.8 Å². The molecule has 0 amide bonds. The molecule has 0 fully saturated rings. The number of rotatable bonds is 6. The summed E-state index contributed by atoms with van der Waals surface area (Å²) in [5.41, 5.74) is 2.14. The third-order valence-electron chi connectivity index (χ3n) is 2.53. The normalized spacial score (nSPS) is 10.5. The molecule has 15 heavy (non-hydrogen) atoms. The number of carboxylic acids is 1. The molecule has 5 nitrogen and oxygen atoms in total. The van der Waals surface area contributed by atoms with Gasteiger partial charge in [0.05, 0.1) is 0 Å². The molecule has 1 aromatic heterocycles. The number of carbonyl (C=O) groups is 1. The van der Waals surface area contributed by atoms with Crippen molar-refractivity contribution in [3.63, 3.8) is 0 Å². The van der Waals surface area contributed by atoms with Gasteiger partial charge in [-0.05, 0) is 25.7 Å². The lowest BCUT2D eigenvalue weighted by molar-refractivity contribution is -0.759. The maximum absolute atomic E-state index is 10.2. The molecule has 1 heterocycles. The first-order valence-corrected chi connectivity index (χ1v) is 5.22. The lowest BCUT2D eigenvalue weighted by Gasteiger charge is -2.01. The Morgan fingerprint density at radius 2 is 2.13 bits per heavy atom. The van der Waals surface area contributed by atoms with Crippen molar-refractivity contribution in [3.8, 4) is 0 Å². The summed E-state index contributed by atoms with van der Waals surface area (Å²) in [5, 5.41) is 17.1. The van der Waals surface area contributed by atoms with E-state index in [0.717, 1.165) is 30.8 Å². The van der Waals surface area contributed by atoms with Crippen molar-refractivity contribution < 1.29 is 14.6 Å². The molecular weight excluding hydrogens is 194 g/mol. The Balaban J connectivity index is 2.20. The number of aromatic nitrogens is 3. The second-order valence-electron chi connectivity index (χ2n) is 3.72. The number of unbranched alkanes of at least 4 members (excludes halogenated alkanes) is 2. The van der Waals surface area contributed by atoms with E-state index in [9.17, 15) is 9.90 Å². The Morgan fingerprint density at radius 1 is 1.40 bits per heavy atom. The monoisotopic (exact) mass is 211 g/mol. The number of nitrogens with one attached hydrogen (secondary N) is 1. The van der Waals surface area contributed by atoms with Gasteiger partial charge in [0.25, 0.3) is 0 Å². The zero-order valence-corrected chi connectivity index (χ0v) is 9.25. The fourth-order valence-electron chi connectivity index (χ4n) is 1.42. The third kappa shape index (κ3) is 3.69. The molecule has 0 aliphatic rings. The smallest absolute Gasteiger partial charge is 0.218 e. The highest BCUT2D eigenvalue weighted by atomic mass is 16.4. The number of aromatic amines is 1. The van der Waals surface area contributed by atoms with E-state index in [1.165, 1.54) is 0 Å². The van der Waals surface area contributed by atoms with Crippen LogP contribution in [0.4, 0.5) is 0 Å². The van der Waals surface area contributed by atoms with E-state index in [1.54, 1.807) is 0 Å². The highest BCUT2D eigenvalue weighted by Gasteiger charge is 2.10. The Kier molecular flexibility index (Phi) is 4.27. The lowest BCUT2D eigenvalue weighted by atomic mass is 10.2. The van der Waals surface area contributed by atoms with Crippen LogP contribution in [0.2, 0.25) is 0 Å². The van der Waals surface area contributed by atoms with Crippen LogP contribution in [0.25, 0.3) is 0 Å². The Morgan fingerprint density at radius 3 is 2.67 bits per heavy atom. The molecule has 0 bridgehead atoms. The fraction of sp³-hybridized carbons (Fsp3) is 0.700. The largest absolute Gasteiger partial charge is 0.550 e. The van der Waals surface area contributed by atoms with Gasteiger partial charge in [-0.2, -0.15) is 4.68 Å². The average molecular weight is 211 g/mol. The molecule has 0 aliphatic heterocycles. The Hall–Kier alpha value is -1.39. The SMILES string of the molecule is Cc1n[nH][n+](CCCCCC(=O)[O-])c1C. The van der Waals surface area contributed by atoms with Gasteiger partial charge in [0, 0.05) is 24.9 Å². The second-order valence-corrected chi connectivity index (χ2v) is 3.72. The molecule has 0 aromatic carbocycles. The standard InChI is InChI=1S/C10H17N3O2/c1-8-9(2)13(12-11-8)7-5-3-4-6-10(14)15/h3-7H2,1-2H3,(H,14,15). The third-order valence-corrected chi connectivity index (χ3v) is 2.53. The summed E-state index contributed by atoms with van der Waals surface area (Å²) in [6.45, 7) is 4.83. The molecule has 0 unspecified atom stereocenters. The van der Waals surface area contributed by atoms with Crippen molar-refractivity contribution in [2.24, 2.45) is 0 Å². The molecule has 5 heteroatoms. The van der Waals surface area contributed by atoms with Crippen LogP contribution in [0.1, 0.15) is 37.1 Å². The summed E-state index contributed by atoms with van der Waals surface area (Å²) in [5.74, 6) is -0.962. The first-order chi connectivity index (χ1) is 7.11. The molecule has 0 radical (unpaired) electrons. The zero-order valence-electron chi connectivity index (χ0n) is 9.25. The molecule has 1 rings (SSSR count). The van der Waals surface area contributed by atoms with Gasteiger partial charge in [-0.15, -0.1) is 0 Å². The predicted molar refractivity (Wildman–Crippen MR) is 51.7 cm³/mol. The van der Waals surface area contributed by atoms with Crippen LogP contribution in [0.15, 0.2) is 0 Å². The summed E-state index contributed by atoms with van der Waals surface area (Å²) in [4.78, 5) is 10.2. The van der Waals surface area contributed by atoms with Crippen LogP contribution < -0.4 is 9.79 Å². The highest BCUT2D eigenvalue weighted by Crippen LogP contribution is 2.00. The van der Waals surface area contributed by atoms with Gasteiger partial charge < -0.3 is 9.90 Å². The first kappa shape index (κ1) is 11.7. The molecule has 0 spiro atoms. The maximum Gasteiger partial charge on any atom is 0.218 e. The summed E-state index contributed by atoms with van der Waals surface area (Å²) in [6, 6.07) is 0. The summed E-state index contributed by atoms with van der Waals surface area (Å²) in [7, 11) is 0. The van der Waals surface area contributed by atoms with Gasteiger partial charge in [0.15, 0.2) is 5.69 Å². The van der Waals surface area contributed by atoms with Crippen LogP contribution >= 0.6 is 0 Å². The van der Waals surface area contributed by atoms with E-state index in [2.05, 4.69) is 10.3 Å². The van der Waals surface area contributed by atoms with E-state index in [1.807, 2.05) is 18.5 Å². The molecule has 84 valence electrons. The van der Waals surface area contributed by atoms with Crippen molar-refractivity contribution in [2.45, 2.75) is 46.1 Å². The number of aliphatic carboxylic acids is 1. The minimum absolute atomic E-state index is 0.158. The van der Waals surface area contributed by atoms with Crippen molar-refractivity contribution in [1.82, 2.24) is 10.3 Å². The molecule has 0 saturated heterocycles. The Labute approximate surface area is 89.1 Å². The number of hydrogen-bond acceptors (Lipinski definition) is 3. The number of nitrogens with zero attached hydrogens (tertiary/aromatic N) is 2. The number of carbonyl (C=O) groups excluding carboxylic acids is 1. The van der Waals surface area contributed by atoms with E-state index in [-0.39, 0.29) is 6.42 Å². The number of aryl methyl sites for hydroxylation is 2. The molecule has 1 N–H and O–H groups in total. The fourth-order valence-corrected chi connectivity index (χ4v) is 1.42. The van der Waals surface area contributed by atoms with E-state index in [0.29, 0.717) is 6.42 Å².